The van der Waals surface area contributed by atoms with Crippen molar-refractivity contribution in [1.82, 2.24) is 0 Å². The number of allylic oxidation sites excluding steroid dienone is 2. The van der Waals surface area contributed by atoms with Gasteiger partial charge in [-0.25, -0.2) is 0 Å². The lowest BCUT2D eigenvalue weighted by Crippen LogP contribution is -2.21. The van der Waals surface area contributed by atoms with Gasteiger partial charge in [-0.1, -0.05) is 25.5 Å². The standard InChI is InChI=1S/C11H19N/c1-2-10-8-3-4-9(7-8)11(10)5-6-12/h3-4,8-11H,2,5-7,12H2,1H3. The zero-order valence-corrected chi connectivity index (χ0v) is 7.87. The van der Waals surface area contributed by atoms with Crippen LogP contribution in [-0.4, -0.2) is 6.54 Å². The van der Waals surface area contributed by atoms with E-state index in [9.17, 15) is 0 Å². The van der Waals surface area contributed by atoms with Crippen LogP contribution >= 0.6 is 0 Å². The summed E-state index contributed by atoms with van der Waals surface area (Å²) < 4.78 is 0. The summed E-state index contributed by atoms with van der Waals surface area (Å²) in [6, 6.07) is 0. The maximum atomic E-state index is 5.63. The lowest BCUT2D eigenvalue weighted by atomic mass is 9.79. The van der Waals surface area contributed by atoms with E-state index in [1.165, 1.54) is 19.3 Å². The first kappa shape index (κ1) is 8.31. The fraction of sp³-hybridized carbons (Fsp3) is 0.818. The van der Waals surface area contributed by atoms with Crippen molar-refractivity contribution in [2.45, 2.75) is 26.2 Å². The summed E-state index contributed by atoms with van der Waals surface area (Å²) in [7, 11) is 0. The van der Waals surface area contributed by atoms with E-state index in [1.54, 1.807) is 0 Å². The van der Waals surface area contributed by atoms with Gasteiger partial charge in [-0.15, -0.1) is 0 Å². The summed E-state index contributed by atoms with van der Waals surface area (Å²) in [4.78, 5) is 0. The molecular weight excluding hydrogens is 146 g/mol. The van der Waals surface area contributed by atoms with Gasteiger partial charge < -0.3 is 5.73 Å². The molecule has 2 rings (SSSR count). The van der Waals surface area contributed by atoms with Gasteiger partial charge in [-0.05, 0) is 43.1 Å². The van der Waals surface area contributed by atoms with Crippen LogP contribution in [0.25, 0.3) is 0 Å². The Labute approximate surface area is 75.0 Å². The average molecular weight is 165 g/mol. The molecule has 0 heterocycles. The third-order valence-corrected chi connectivity index (χ3v) is 3.77. The van der Waals surface area contributed by atoms with Crippen LogP contribution in [0.2, 0.25) is 0 Å². The Balaban J connectivity index is 2.07. The lowest BCUT2D eigenvalue weighted by molar-refractivity contribution is 0.287. The molecule has 4 unspecified atom stereocenters. The Morgan fingerprint density at radius 2 is 1.92 bits per heavy atom. The summed E-state index contributed by atoms with van der Waals surface area (Å²) in [5.41, 5.74) is 5.63. The highest BCUT2D eigenvalue weighted by Gasteiger charge is 2.42. The molecule has 2 N–H and O–H groups in total. The van der Waals surface area contributed by atoms with Crippen LogP contribution in [0, 0.1) is 23.7 Å². The number of nitrogens with two attached hydrogens (primary N) is 1. The minimum Gasteiger partial charge on any atom is -0.330 e. The molecule has 0 aliphatic heterocycles. The van der Waals surface area contributed by atoms with Crippen LogP contribution in [0.5, 0.6) is 0 Å². The van der Waals surface area contributed by atoms with E-state index in [2.05, 4.69) is 19.1 Å². The topological polar surface area (TPSA) is 26.0 Å². The van der Waals surface area contributed by atoms with Crippen molar-refractivity contribution in [2.24, 2.45) is 29.4 Å². The van der Waals surface area contributed by atoms with Crippen molar-refractivity contribution in [3.05, 3.63) is 12.2 Å². The smallest absolute Gasteiger partial charge is 0.00743 e. The molecule has 0 spiro atoms. The number of hydrogen-bond acceptors (Lipinski definition) is 1. The molecule has 0 saturated heterocycles. The van der Waals surface area contributed by atoms with Crippen LogP contribution in [-0.2, 0) is 0 Å². The van der Waals surface area contributed by atoms with Crippen molar-refractivity contribution in [3.8, 4) is 0 Å². The minimum absolute atomic E-state index is 0.873. The molecule has 1 saturated carbocycles. The van der Waals surface area contributed by atoms with Crippen molar-refractivity contribution in [3.63, 3.8) is 0 Å². The van der Waals surface area contributed by atoms with Crippen molar-refractivity contribution < 1.29 is 0 Å². The van der Waals surface area contributed by atoms with E-state index in [-0.39, 0.29) is 0 Å². The van der Waals surface area contributed by atoms with Crippen LogP contribution in [0.4, 0.5) is 0 Å². The fourth-order valence-electron chi connectivity index (χ4n) is 3.25. The molecule has 2 bridgehead atoms. The number of fused-ring (bicyclic) bond motifs is 2. The Hall–Kier alpha value is -0.300. The Bertz CT molecular complexity index is 185. The van der Waals surface area contributed by atoms with Crippen molar-refractivity contribution >= 4 is 0 Å². The molecule has 2 aliphatic carbocycles. The molecular formula is C11H19N. The summed E-state index contributed by atoms with van der Waals surface area (Å²) in [6.07, 6.45) is 8.87. The van der Waals surface area contributed by atoms with Gasteiger partial charge in [0, 0.05) is 0 Å². The molecule has 4 atom stereocenters. The quantitative estimate of drug-likeness (QED) is 0.637. The maximum Gasteiger partial charge on any atom is -0.00743 e. The summed E-state index contributed by atoms with van der Waals surface area (Å²) in [6.45, 7) is 3.20. The van der Waals surface area contributed by atoms with Gasteiger partial charge in [0.25, 0.3) is 0 Å². The van der Waals surface area contributed by atoms with Crippen LogP contribution in [0.1, 0.15) is 26.2 Å². The zero-order valence-electron chi connectivity index (χ0n) is 7.87. The molecule has 0 aromatic heterocycles. The van der Waals surface area contributed by atoms with Gasteiger partial charge in [-0.3, -0.25) is 0 Å². The summed E-state index contributed by atoms with van der Waals surface area (Å²) >= 11 is 0. The predicted octanol–water partition coefficient (Wildman–Crippen LogP) is 2.18. The molecule has 0 amide bonds. The fourth-order valence-corrected chi connectivity index (χ4v) is 3.25. The van der Waals surface area contributed by atoms with Crippen molar-refractivity contribution in [1.29, 1.82) is 0 Å². The largest absolute Gasteiger partial charge is 0.330 e. The summed E-state index contributed by atoms with van der Waals surface area (Å²) in [5, 5.41) is 0. The molecule has 1 fully saturated rings. The highest BCUT2D eigenvalue weighted by molar-refractivity contribution is 5.13. The van der Waals surface area contributed by atoms with Gasteiger partial charge in [0.2, 0.25) is 0 Å². The monoisotopic (exact) mass is 165 g/mol. The summed E-state index contributed by atoms with van der Waals surface area (Å²) in [5.74, 6) is 3.64. The molecule has 1 heteroatoms. The lowest BCUT2D eigenvalue weighted by Gasteiger charge is -2.26. The van der Waals surface area contributed by atoms with E-state index in [1.807, 2.05) is 0 Å². The normalized spacial score (nSPS) is 44.2. The Morgan fingerprint density at radius 3 is 2.50 bits per heavy atom. The predicted molar refractivity (Wildman–Crippen MR) is 51.7 cm³/mol. The first-order valence-corrected chi connectivity index (χ1v) is 5.25. The first-order valence-electron chi connectivity index (χ1n) is 5.25. The van der Waals surface area contributed by atoms with Gasteiger partial charge in [0.1, 0.15) is 0 Å². The molecule has 1 nitrogen and oxygen atoms in total. The van der Waals surface area contributed by atoms with Crippen LogP contribution < -0.4 is 5.73 Å². The molecule has 0 aromatic carbocycles. The van der Waals surface area contributed by atoms with E-state index < -0.39 is 0 Å². The van der Waals surface area contributed by atoms with Gasteiger partial charge in [0.05, 0.1) is 0 Å². The third kappa shape index (κ3) is 1.11. The van der Waals surface area contributed by atoms with Crippen LogP contribution in [0.3, 0.4) is 0 Å². The molecule has 2 aliphatic rings. The molecule has 68 valence electrons. The minimum atomic E-state index is 0.873. The zero-order chi connectivity index (χ0) is 8.55. The van der Waals surface area contributed by atoms with Crippen molar-refractivity contribution in [2.75, 3.05) is 6.54 Å². The Morgan fingerprint density at radius 1 is 1.25 bits per heavy atom. The Kier molecular flexibility index (Phi) is 2.22. The van der Waals surface area contributed by atoms with Gasteiger partial charge in [-0.2, -0.15) is 0 Å². The molecule has 0 aromatic rings. The maximum absolute atomic E-state index is 5.63. The second-order valence-electron chi connectivity index (χ2n) is 4.26. The SMILES string of the molecule is CCC1C2C=CC(C2)C1CCN. The van der Waals surface area contributed by atoms with E-state index in [0.717, 1.165) is 30.2 Å². The van der Waals surface area contributed by atoms with Gasteiger partial charge in [0.15, 0.2) is 0 Å². The highest BCUT2D eigenvalue weighted by Crippen LogP contribution is 2.50. The van der Waals surface area contributed by atoms with E-state index in [0.29, 0.717) is 0 Å². The average Bonchev–Trinajstić information content (AvgIpc) is 2.64. The second kappa shape index (κ2) is 3.21. The number of rotatable bonds is 3. The number of hydrogen-bond donors (Lipinski definition) is 1. The second-order valence-corrected chi connectivity index (χ2v) is 4.26. The van der Waals surface area contributed by atoms with Gasteiger partial charge >= 0.3 is 0 Å². The van der Waals surface area contributed by atoms with Crippen LogP contribution in [0.15, 0.2) is 12.2 Å². The van der Waals surface area contributed by atoms with E-state index in [4.69, 9.17) is 5.73 Å². The molecule has 12 heavy (non-hydrogen) atoms. The highest BCUT2D eigenvalue weighted by atomic mass is 14.6. The molecule has 0 radical (unpaired) electrons. The van der Waals surface area contributed by atoms with E-state index >= 15 is 0 Å². The first-order chi connectivity index (χ1) is 5.86. The third-order valence-electron chi connectivity index (χ3n) is 3.77.